The first-order valence-corrected chi connectivity index (χ1v) is 9.12. The summed E-state index contributed by atoms with van der Waals surface area (Å²) < 4.78 is 13.4. The van der Waals surface area contributed by atoms with E-state index in [1.165, 1.54) is 0 Å². The van der Waals surface area contributed by atoms with Gasteiger partial charge in [-0.25, -0.2) is 4.98 Å². The highest BCUT2D eigenvalue weighted by Gasteiger charge is 2.23. The molecule has 0 saturated carbocycles. The van der Waals surface area contributed by atoms with Crippen molar-refractivity contribution in [2.24, 2.45) is 0 Å². The van der Waals surface area contributed by atoms with E-state index in [0.29, 0.717) is 36.2 Å². The summed E-state index contributed by atoms with van der Waals surface area (Å²) >= 11 is 0. The number of hydrogen-bond acceptors (Lipinski definition) is 4. The number of ether oxygens (including phenoxy) is 2. The average molecular weight is 365 g/mol. The lowest BCUT2D eigenvalue weighted by molar-refractivity contribution is 0.102. The third-order valence-electron chi connectivity index (χ3n) is 4.47. The average Bonchev–Trinajstić information content (AvgIpc) is 2.83. The van der Waals surface area contributed by atoms with Crippen molar-refractivity contribution in [3.8, 4) is 11.5 Å². The molecule has 2 heterocycles. The van der Waals surface area contributed by atoms with Crippen molar-refractivity contribution in [2.45, 2.75) is 32.7 Å². The van der Waals surface area contributed by atoms with Crippen LogP contribution in [0.2, 0.25) is 0 Å². The normalized spacial score (nSPS) is 14.0. The quantitative estimate of drug-likeness (QED) is 0.739. The second-order valence-corrected chi connectivity index (χ2v) is 7.60. The SMILES string of the molecule is CC(C)(C)n1c(NC(=O)c2ccc3c(c2)OCCCO3)nc2ccccc21. The molecule has 0 unspecified atom stereocenters. The number of nitrogens with one attached hydrogen (secondary N) is 1. The van der Waals surface area contributed by atoms with Crippen molar-refractivity contribution in [3.63, 3.8) is 0 Å². The number of hydrogen-bond donors (Lipinski definition) is 1. The molecule has 2 aromatic carbocycles. The highest BCUT2D eigenvalue weighted by molar-refractivity contribution is 6.04. The van der Waals surface area contributed by atoms with Crippen molar-refractivity contribution in [1.29, 1.82) is 0 Å². The molecule has 1 aromatic heterocycles. The number of aromatic nitrogens is 2. The number of fused-ring (bicyclic) bond motifs is 2. The Morgan fingerprint density at radius 3 is 2.59 bits per heavy atom. The molecule has 6 nitrogen and oxygen atoms in total. The fourth-order valence-corrected chi connectivity index (χ4v) is 3.27. The van der Waals surface area contributed by atoms with E-state index < -0.39 is 0 Å². The highest BCUT2D eigenvalue weighted by atomic mass is 16.5. The summed E-state index contributed by atoms with van der Waals surface area (Å²) in [5, 5.41) is 2.96. The summed E-state index contributed by atoms with van der Waals surface area (Å²) in [4.78, 5) is 17.5. The largest absolute Gasteiger partial charge is 0.490 e. The number of para-hydroxylation sites is 2. The van der Waals surface area contributed by atoms with Crippen molar-refractivity contribution in [2.75, 3.05) is 18.5 Å². The van der Waals surface area contributed by atoms with Gasteiger partial charge in [-0.05, 0) is 51.1 Å². The van der Waals surface area contributed by atoms with Crippen molar-refractivity contribution >= 4 is 22.9 Å². The Labute approximate surface area is 158 Å². The van der Waals surface area contributed by atoms with Gasteiger partial charge in [-0.15, -0.1) is 0 Å². The second-order valence-electron chi connectivity index (χ2n) is 7.60. The summed E-state index contributed by atoms with van der Waals surface area (Å²) in [5.41, 5.74) is 2.11. The third-order valence-corrected chi connectivity index (χ3v) is 4.47. The molecule has 0 aliphatic carbocycles. The van der Waals surface area contributed by atoms with E-state index in [9.17, 15) is 4.79 Å². The molecule has 27 heavy (non-hydrogen) atoms. The van der Waals surface area contributed by atoms with Gasteiger partial charge in [0.15, 0.2) is 11.5 Å². The Hall–Kier alpha value is -3.02. The van der Waals surface area contributed by atoms with E-state index in [0.717, 1.165) is 17.5 Å². The molecule has 0 atom stereocenters. The molecule has 1 amide bonds. The van der Waals surface area contributed by atoms with Gasteiger partial charge >= 0.3 is 0 Å². The Morgan fingerprint density at radius 2 is 1.81 bits per heavy atom. The van der Waals surface area contributed by atoms with Crippen LogP contribution in [0.1, 0.15) is 37.6 Å². The molecule has 1 aliphatic rings. The predicted octanol–water partition coefficient (Wildman–Crippen LogP) is 4.20. The summed E-state index contributed by atoms with van der Waals surface area (Å²) in [7, 11) is 0. The van der Waals surface area contributed by atoms with Gasteiger partial charge in [-0.1, -0.05) is 12.1 Å². The number of carbonyl (C=O) groups is 1. The first-order valence-electron chi connectivity index (χ1n) is 9.12. The first-order chi connectivity index (χ1) is 12.9. The van der Waals surface area contributed by atoms with Crippen LogP contribution in [0.15, 0.2) is 42.5 Å². The minimum absolute atomic E-state index is 0.230. The Kier molecular flexibility index (Phi) is 4.26. The zero-order valence-electron chi connectivity index (χ0n) is 15.8. The van der Waals surface area contributed by atoms with Gasteiger partial charge < -0.3 is 14.0 Å². The Bertz CT molecular complexity index is 1000. The number of anilines is 1. The van der Waals surface area contributed by atoms with Crippen LogP contribution >= 0.6 is 0 Å². The molecular weight excluding hydrogens is 342 g/mol. The maximum atomic E-state index is 12.9. The monoisotopic (exact) mass is 365 g/mol. The molecule has 0 fully saturated rings. The Morgan fingerprint density at radius 1 is 1.07 bits per heavy atom. The molecule has 6 heteroatoms. The highest BCUT2D eigenvalue weighted by Crippen LogP contribution is 2.31. The van der Waals surface area contributed by atoms with Crippen LogP contribution < -0.4 is 14.8 Å². The van der Waals surface area contributed by atoms with Gasteiger partial charge in [0.1, 0.15) is 0 Å². The van der Waals surface area contributed by atoms with E-state index >= 15 is 0 Å². The number of imidazole rings is 1. The number of carbonyl (C=O) groups excluding carboxylic acids is 1. The van der Waals surface area contributed by atoms with E-state index in [2.05, 4.69) is 31.1 Å². The van der Waals surface area contributed by atoms with E-state index in [-0.39, 0.29) is 11.4 Å². The maximum Gasteiger partial charge on any atom is 0.258 e. The lowest BCUT2D eigenvalue weighted by atomic mass is 10.1. The van der Waals surface area contributed by atoms with E-state index in [4.69, 9.17) is 9.47 Å². The zero-order chi connectivity index (χ0) is 19.0. The number of rotatable bonds is 2. The molecule has 0 bridgehead atoms. The summed E-state index contributed by atoms with van der Waals surface area (Å²) in [6.07, 6.45) is 0.825. The van der Waals surface area contributed by atoms with Crippen molar-refractivity contribution in [1.82, 2.24) is 9.55 Å². The predicted molar refractivity (Wildman–Crippen MR) is 105 cm³/mol. The topological polar surface area (TPSA) is 65.4 Å². The summed E-state index contributed by atoms with van der Waals surface area (Å²) in [5.74, 6) is 1.57. The first kappa shape index (κ1) is 17.4. The van der Waals surface area contributed by atoms with Crippen LogP contribution in [0.25, 0.3) is 11.0 Å². The van der Waals surface area contributed by atoms with Gasteiger partial charge in [-0.3, -0.25) is 10.1 Å². The van der Waals surface area contributed by atoms with E-state index in [1.54, 1.807) is 18.2 Å². The van der Waals surface area contributed by atoms with Crippen LogP contribution in [-0.2, 0) is 5.54 Å². The lowest BCUT2D eigenvalue weighted by Gasteiger charge is -2.24. The zero-order valence-corrected chi connectivity index (χ0v) is 15.8. The van der Waals surface area contributed by atoms with Crippen LogP contribution in [0.4, 0.5) is 5.95 Å². The van der Waals surface area contributed by atoms with Crippen LogP contribution in [0.5, 0.6) is 11.5 Å². The molecule has 0 spiro atoms. The smallest absolute Gasteiger partial charge is 0.258 e. The van der Waals surface area contributed by atoms with Crippen LogP contribution in [-0.4, -0.2) is 28.7 Å². The molecular formula is C21H23N3O3. The molecule has 1 aliphatic heterocycles. The maximum absolute atomic E-state index is 12.9. The third kappa shape index (κ3) is 3.35. The van der Waals surface area contributed by atoms with Crippen molar-refractivity contribution in [3.05, 3.63) is 48.0 Å². The molecule has 3 aromatic rings. The molecule has 0 radical (unpaired) electrons. The summed E-state index contributed by atoms with van der Waals surface area (Å²) in [6.45, 7) is 7.46. The minimum atomic E-state index is -0.233. The Balaban J connectivity index is 1.68. The number of benzene rings is 2. The van der Waals surface area contributed by atoms with Crippen LogP contribution in [0, 0.1) is 0 Å². The molecule has 4 rings (SSSR count). The number of nitrogens with zero attached hydrogens (tertiary/aromatic N) is 2. The summed E-state index contributed by atoms with van der Waals surface area (Å²) in [6, 6.07) is 13.1. The van der Waals surface area contributed by atoms with Crippen LogP contribution in [0.3, 0.4) is 0 Å². The lowest BCUT2D eigenvalue weighted by Crippen LogP contribution is -2.25. The van der Waals surface area contributed by atoms with Crippen molar-refractivity contribution < 1.29 is 14.3 Å². The molecule has 1 N–H and O–H groups in total. The van der Waals surface area contributed by atoms with Gasteiger partial charge in [0.25, 0.3) is 5.91 Å². The van der Waals surface area contributed by atoms with Gasteiger partial charge in [-0.2, -0.15) is 0 Å². The fourth-order valence-electron chi connectivity index (χ4n) is 3.27. The van der Waals surface area contributed by atoms with E-state index in [1.807, 2.05) is 28.8 Å². The van der Waals surface area contributed by atoms with Gasteiger partial charge in [0, 0.05) is 17.5 Å². The fraction of sp³-hybridized carbons (Fsp3) is 0.333. The molecule has 140 valence electrons. The molecule has 0 saturated heterocycles. The standard InChI is InChI=1S/C21H23N3O3/c1-21(2,3)24-16-8-5-4-7-15(16)22-20(24)23-19(25)14-9-10-17-18(13-14)27-12-6-11-26-17/h4-5,7-10,13H,6,11-12H2,1-3H3,(H,22,23,25). The van der Waals surface area contributed by atoms with Gasteiger partial charge in [0.05, 0.1) is 24.2 Å². The second kappa shape index (κ2) is 6.61. The number of amides is 1. The van der Waals surface area contributed by atoms with Gasteiger partial charge in [0.2, 0.25) is 5.95 Å². The minimum Gasteiger partial charge on any atom is -0.490 e.